The minimum atomic E-state index is -3.71. The van der Waals surface area contributed by atoms with Crippen LogP contribution >= 0.6 is 22.6 Å². The first kappa shape index (κ1) is 17.5. The Kier molecular flexibility index (Phi) is 5.47. The Balaban J connectivity index is 2.18. The molecule has 0 fully saturated rings. The SMILES string of the molecule is COc1cc(C=NNS(=O)(=O)c2ccc(C)cc2)cc(I)c1O. The molecule has 0 amide bonds. The Labute approximate surface area is 148 Å². The number of methoxy groups -OCH3 is 1. The lowest BCUT2D eigenvalue weighted by molar-refractivity contribution is 0.371. The van der Waals surface area contributed by atoms with E-state index in [4.69, 9.17) is 4.74 Å². The zero-order valence-electron chi connectivity index (χ0n) is 12.4. The molecule has 0 heterocycles. The molecule has 8 heteroatoms. The molecule has 0 saturated heterocycles. The number of halogens is 1. The van der Waals surface area contributed by atoms with Gasteiger partial charge in [-0.2, -0.15) is 13.5 Å². The molecule has 0 aliphatic heterocycles. The molecule has 0 atom stereocenters. The van der Waals surface area contributed by atoms with Gasteiger partial charge in [0.1, 0.15) is 0 Å². The van der Waals surface area contributed by atoms with Crippen molar-refractivity contribution in [3.8, 4) is 11.5 Å². The fourth-order valence-electron chi connectivity index (χ4n) is 1.76. The molecular weight excluding hydrogens is 431 g/mol. The lowest BCUT2D eigenvalue weighted by atomic mass is 10.2. The van der Waals surface area contributed by atoms with Gasteiger partial charge < -0.3 is 9.84 Å². The van der Waals surface area contributed by atoms with E-state index in [-0.39, 0.29) is 10.6 Å². The fourth-order valence-corrected chi connectivity index (χ4v) is 3.18. The maximum Gasteiger partial charge on any atom is 0.276 e. The molecule has 0 unspecified atom stereocenters. The molecule has 0 spiro atoms. The second kappa shape index (κ2) is 7.18. The number of aryl methyl sites for hydroxylation is 1. The number of phenols is 1. The van der Waals surface area contributed by atoms with Crippen molar-refractivity contribution in [3.05, 3.63) is 51.1 Å². The molecule has 0 bridgehead atoms. The van der Waals surface area contributed by atoms with Crippen molar-refractivity contribution in [1.82, 2.24) is 4.83 Å². The van der Waals surface area contributed by atoms with Crippen LogP contribution in [-0.2, 0) is 10.0 Å². The Morgan fingerprint density at radius 2 is 1.91 bits per heavy atom. The maximum absolute atomic E-state index is 12.1. The van der Waals surface area contributed by atoms with Gasteiger partial charge in [0.15, 0.2) is 11.5 Å². The summed E-state index contributed by atoms with van der Waals surface area (Å²) in [6, 6.07) is 9.67. The number of aromatic hydroxyl groups is 1. The molecule has 0 aliphatic carbocycles. The van der Waals surface area contributed by atoms with E-state index in [0.717, 1.165) is 5.56 Å². The third-order valence-electron chi connectivity index (χ3n) is 2.99. The number of hydrazone groups is 1. The van der Waals surface area contributed by atoms with Gasteiger partial charge in [0, 0.05) is 0 Å². The smallest absolute Gasteiger partial charge is 0.276 e. The topological polar surface area (TPSA) is 88.0 Å². The molecule has 122 valence electrons. The van der Waals surface area contributed by atoms with Crippen molar-refractivity contribution in [2.75, 3.05) is 7.11 Å². The van der Waals surface area contributed by atoms with Crippen LogP contribution in [0.4, 0.5) is 0 Å². The Bertz CT molecular complexity index is 833. The van der Waals surface area contributed by atoms with Gasteiger partial charge in [0.2, 0.25) is 0 Å². The van der Waals surface area contributed by atoms with E-state index in [0.29, 0.717) is 14.9 Å². The lowest BCUT2D eigenvalue weighted by Crippen LogP contribution is -2.18. The van der Waals surface area contributed by atoms with Crippen molar-refractivity contribution in [3.63, 3.8) is 0 Å². The van der Waals surface area contributed by atoms with Crippen LogP contribution in [0.25, 0.3) is 0 Å². The number of ether oxygens (including phenoxy) is 1. The summed E-state index contributed by atoms with van der Waals surface area (Å²) >= 11 is 1.95. The van der Waals surface area contributed by atoms with Gasteiger partial charge in [0.25, 0.3) is 10.0 Å². The molecule has 0 radical (unpaired) electrons. The van der Waals surface area contributed by atoms with Crippen LogP contribution in [0.15, 0.2) is 46.4 Å². The van der Waals surface area contributed by atoms with Crippen LogP contribution in [0.1, 0.15) is 11.1 Å². The van der Waals surface area contributed by atoms with Crippen LogP contribution < -0.4 is 9.57 Å². The molecule has 0 aliphatic rings. The largest absolute Gasteiger partial charge is 0.504 e. The summed E-state index contributed by atoms with van der Waals surface area (Å²) in [4.78, 5) is 2.29. The summed E-state index contributed by atoms with van der Waals surface area (Å²) < 4.78 is 29.8. The lowest BCUT2D eigenvalue weighted by Gasteiger charge is -2.06. The average Bonchev–Trinajstić information content (AvgIpc) is 2.51. The van der Waals surface area contributed by atoms with Crippen molar-refractivity contribution in [2.24, 2.45) is 5.10 Å². The quantitative estimate of drug-likeness (QED) is 0.420. The Morgan fingerprint density at radius 3 is 2.52 bits per heavy atom. The third-order valence-corrected chi connectivity index (χ3v) is 5.05. The molecule has 2 N–H and O–H groups in total. The first-order valence-electron chi connectivity index (χ1n) is 6.51. The van der Waals surface area contributed by atoms with E-state index in [2.05, 4.69) is 9.93 Å². The highest BCUT2D eigenvalue weighted by Gasteiger charge is 2.12. The van der Waals surface area contributed by atoms with Gasteiger partial charge in [-0.25, -0.2) is 4.83 Å². The fraction of sp³-hybridized carbons (Fsp3) is 0.133. The van der Waals surface area contributed by atoms with E-state index in [1.807, 2.05) is 29.5 Å². The number of nitrogens with one attached hydrogen (secondary N) is 1. The molecule has 0 aromatic heterocycles. The first-order chi connectivity index (χ1) is 10.8. The molecule has 2 aromatic carbocycles. The summed E-state index contributed by atoms with van der Waals surface area (Å²) in [6.45, 7) is 1.88. The second-order valence-electron chi connectivity index (χ2n) is 4.72. The summed E-state index contributed by atoms with van der Waals surface area (Å²) in [5, 5.41) is 13.5. The summed E-state index contributed by atoms with van der Waals surface area (Å²) in [5.74, 6) is 0.324. The number of sulfonamides is 1. The third kappa shape index (κ3) is 4.35. The van der Waals surface area contributed by atoms with E-state index in [1.54, 1.807) is 24.3 Å². The summed E-state index contributed by atoms with van der Waals surface area (Å²) in [5.41, 5.74) is 1.56. The maximum atomic E-state index is 12.1. The molecule has 23 heavy (non-hydrogen) atoms. The van der Waals surface area contributed by atoms with Crippen LogP contribution in [0.5, 0.6) is 11.5 Å². The van der Waals surface area contributed by atoms with Gasteiger partial charge in [-0.15, -0.1) is 0 Å². The minimum absolute atomic E-state index is 0.0329. The van der Waals surface area contributed by atoms with Crippen molar-refractivity contribution >= 4 is 38.8 Å². The highest BCUT2D eigenvalue weighted by molar-refractivity contribution is 14.1. The average molecular weight is 446 g/mol. The Hall–Kier alpha value is -1.81. The number of benzene rings is 2. The predicted molar refractivity (Wildman–Crippen MR) is 96.5 cm³/mol. The van der Waals surface area contributed by atoms with Gasteiger partial charge in [-0.1, -0.05) is 17.7 Å². The minimum Gasteiger partial charge on any atom is -0.504 e. The van der Waals surface area contributed by atoms with E-state index in [1.165, 1.54) is 25.5 Å². The van der Waals surface area contributed by atoms with Gasteiger partial charge in [-0.05, 0) is 59.3 Å². The Morgan fingerprint density at radius 1 is 1.26 bits per heavy atom. The zero-order chi connectivity index (χ0) is 17.0. The second-order valence-corrected chi connectivity index (χ2v) is 7.54. The number of hydrogen-bond donors (Lipinski definition) is 2. The molecule has 0 saturated carbocycles. The van der Waals surface area contributed by atoms with Crippen LogP contribution in [0.2, 0.25) is 0 Å². The first-order valence-corrected chi connectivity index (χ1v) is 9.08. The summed E-state index contributed by atoms with van der Waals surface area (Å²) in [6.07, 6.45) is 1.34. The molecular formula is C15H15IN2O4S. The van der Waals surface area contributed by atoms with E-state index < -0.39 is 10.0 Å². The standard InChI is InChI=1S/C15H15IN2O4S/c1-10-3-5-12(6-4-10)23(20,21)18-17-9-11-7-13(16)15(19)14(8-11)22-2/h3-9,18-19H,1-2H3. The van der Waals surface area contributed by atoms with Crippen molar-refractivity contribution < 1.29 is 18.3 Å². The summed E-state index contributed by atoms with van der Waals surface area (Å²) in [7, 11) is -2.27. The number of phenolic OH excluding ortho intramolecular Hbond substituents is 1. The molecule has 2 rings (SSSR count). The normalized spacial score (nSPS) is 11.6. The van der Waals surface area contributed by atoms with Crippen molar-refractivity contribution in [1.29, 1.82) is 0 Å². The van der Waals surface area contributed by atoms with Crippen LogP contribution in [-0.4, -0.2) is 26.8 Å². The highest BCUT2D eigenvalue weighted by atomic mass is 127. The van der Waals surface area contributed by atoms with Gasteiger partial charge in [0.05, 0.1) is 21.8 Å². The predicted octanol–water partition coefficient (Wildman–Crippen LogP) is 2.63. The highest BCUT2D eigenvalue weighted by Crippen LogP contribution is 2.31. The monoisotopic (exact) mass is 446 g/mol. The van der Waals surface area contributed by atoms with Crippen LogP contribution in [0.3, 0.4) is 0 Å². The number of nitrogens with zero attached hydrogens (tertiary/aromatic N) is 1. The number of hydrogen-bond acceptors (Lipinski definition) is 5. The van der Waals surface area contributed by atoms with E-state index >= 15 is 0 Å². The van der Waals surface area contributed by atoms with Crippen LogP contribution in [0, 0.1) is 10.5 Å². The molecule has 6 nitrogen and oxygen atoms in total. The van der Waals surface area contributed by atoms with Gasteiger partial charge in [-0.3, -0.25) is 0 Å². The number of rotatable bonds is 5. The van der Waals surface area contributed by atoms with E-state index in [9.17, 15) is 13.5 Å². The zero-order valence-corrected chi connectivity index (χ0v) is 15.4. The molecule has 2 aromatic rings. The van der Waals surface area contributed by atoms with Crippen molar-refractivity contribution in [2.45, 2.75) is 11.8 Å². The van der Waals surface area contributed by atoms with Gasteiger partial charge >= 0.3 is 0 Å².